The van der Waals surface area contributed by atoms with Gasteiger partial charge in [-0.2, -0.15) is 0 Å². The number of hydrogen-bond donors (Lipinski definition) is 2. The standard InChI is InChI=1S/C24H33N3O2/c1-18(2)29-23-11-7-10-21(16-23)19(3)25-24(28)26-22-12-14-27(15-13-22)17-20-8-5-4-6-9-20/h4-11,16,18-19,22H,12-15,17H2,1-3H3,(H2,25,26,28). The molecule has 5 heteroatoms. The van der Waals surface area contributed by atoms with Crippen LogP contribution < -0.4 is 15.4 Å². The molecule has 1 unspecified atom stereocenters. The molecule has 5 nitrogen and oxygen atoms in total. The molecule has 0 saturated carbocycles. The maximum atomic E-state index is 12.5. The third kappa shape index (κ3) is 6.79. The Morgan fingerprint density at radius 1 is 1.07 bits per heavy atom. The second-order valence-electron chi connectivity index (χ2n) is 8.11. The van der Waals surface area contributed by atoms with Gasteiger partial charge in [-0.15, -0.1) is 0 Å². The van der Waals surface area contributed by atoms with E-state index < -0.39 is 0 Å². The van der Waals surface area contributed by atoms with Crippen LogP contribution in [-0.2, 0) is 6.54 Å². The zero-order valence-electron chi connectivity index (χ0n) is 17.7. The van der Waals surface area contributed by atoms with Crippen LogP contribution in [0.1, 0.15) is 50.8 Å². The molecule has 3 rings (SSSR count). The topological polar surface area (TPSA) is 53.6 Å². The van der Waals surface area contributed by atoms with Gasteiger partial charge in [-0.3, -0.25) is 4.90 Å². The molecule has 1 fully saturated rings. The van der Waals surface area contributed by atoms with Gasteiger partial charge in [0.25, 0.3) is 0 Å². The molecule has 0 bridgehead atoms. The summed E-state index contributed by atoms with van der Waals surface area (Å²) in [6, 6.07) is 18.5. The highest BCUT2D eigenvalue weighted by Gasteiger charge is 2.21. The van der Waals surface area contributed by atoms with Gasteiger partial charge in [0.15, 0.2) is 0 Å². The molecule has 1 saturated heterocycles. The predicted molar refractivity (Wildman–Crippen MR) is 117 cm³/mol. The van der Waals surface area contributed by atoms with Gasteiger partial charge in [0.2, 0.25) is 0 Å². The van der Waals surface area contributed by atoms with Crippen LogP contribution in [0.15, 0.2) is 54.6 Å². The number of amides is 2. The van der Waals surface area contributed by atoms with Crippen LogP contribution in [0.3, 0.4) is 0 Å². The lowest BCUT2D eigenvalue weighted by Crippen LogP contribution is -2.48. The summed E-state index contributed by atoms with van der Waals surface area (Å²) < 4.78 is 5.75. The van der Waals surface area contributed by atoms with Crippen LogP contribution in [0.4, 0.5) is 4.79 Å². The molecule has 1 aliphatic heterocycles. The van der Waals surface area contributed by atoms with Crippen molar-refractivity contribution in [2.24, 2.45) is 0 Å². The van der Waals surface area contributed by atoms with Crippen LogP contribution >= 0.6 is 0 Å². The number of ether oxygens (including phenoxy) is 1. The van der Waals surface area contributed by atoms with E-state index in [1.807, 2.05) is 51.1 Å². The van der Waals surface area contributed by atoms with Gasteiger partial charge >= 0.3 is 6.03 Å². The van der Waals surface area contributed by atoms with Crippen LogP contribution in [0.5, 0.6) is 5.75 Å². The molecule has 156 valence electrons. The molecular formula is C24H33N3O2. The van der Waals surface area contributed by atoms with Crippen molar-refractivity contribution >= 4 is 6.03 Å². The minimum atomic E-state index is -0.103. The normalized spacial score (nSPS) is 16.4. The van der Waals surface area contributed by atoms with Crippen LogP contribution in [0.2, 0.25) is 0 Å². The van der Waals surface area contributed by atoms with E-state index in [0.717, 1.165) is 43.8 Å². The summed E-state index contributed by atoms with van der Waals surface area (Å²) in [5.41, 5.74) is 2.38. The minimum Gasteiger partial charge on any atom is -0.491 e. The van der Waals surface area contributed by atoms with Crippen molar-refractivity contribution in [3.05, 3.63) is 65.7 Å². The highest BCUT2D eigenvalue weighted by atomic mass is 16.5. The molecule has 0 radical (unpaired) electrons. The molecule has 1 aliphatic rings. The van der Waals surface area contributed by atoms with E-state index in [1.165, 1.54) is 5.56 Å². The Hall–Kier alpha value is -2.53. The number of carbonyl (C=O) groups excluding carboxylic acids is 1. The van der Waals surface area contributed by atoms with Gasteiger partial charge in [0.05, 0.1) is 12.1 Å². The lowest BCUT2D eigenvalue weighted by molar-refractivity contribution is 0.186. The van der Waals surface area contributed by atoms with E-state index in [-0.39, 0.29) is 24.2 Å². The lowest BCUT2D eigenvalue weighted by Gasteiger charge is -2.32. The van der Waals surface area contributed by atoms with Crippen molar-refractivity contribution in [1.82, 2.24) is 15.5 Å². The number of benzene rings is 2. The zero-order chi connectivity index (χ0) is 20.6. The summed E-state index contributed by atoms with van der Waals surface area (Å²) in [6.45, 7) is 9.00. The Kier molecular flexibility index (Phi) is 7.53. The predicted octanol–water partition coefficient (Wildman–Crippen LogP) is 4.50. The number of urea groups is 1. The number of likely N-dealkylation sites (tertiary alicyclic amines) is 1. The molecule has 29 heavy (non-hydrogen) atoms. The molecule has 2 aromatic carbocycles. The maximum absolute atomic E-state index is 12.5. The molecule has 0 aromatic heterocycles. The smallest absolute Gasteiger partial charge is 0.315 e. The molecule has 1 heterocycles. The Labute approximate surface area is 174 Å². The Morgan fingerprint density at radius 2 is 1.79 bits per heavy atom. The fourth-order valence-corrected chi connectivity index (χ4v) is 3.71. The van der Waals surface area contributed by atoms with Crippen LogP contribution in [0.25, 0.3) is 0 Å². The fraction of sp³-hybridized carbons (Fsp3) is 0.458. The van der Waals surface area contributed by atoms with Crippen molar-refractivity contribution in [2.45, 2.75) is 58.3 Å². The quantitative estimate of drug-likeness (QED) is 0.726. The SMILES string of the molecule is CC(C)Oc1cccc(C(C)NC(=O)NC2CCN(Cc3ccccc3)CC2)c1. The number of hydrogen-bond acceptors (Lipinski definition) is 3. The van der Waals surface area contributed by atoms with E-state index in [0.29, 0.717) is 0 Å². The Morgan fingerprint density at radius 3 is 2.48 bits per heavy atom. The summed E-state index contributed by atoms with van der Waals surface area (Å²) in [7, 11) is 0. The maximum Gasteiger partial charge on any atom is 0.315 e. The van der Waals surface area contributed by atoms with Gasteiger partial charge in [0.1, 0.15) is 5.75 Å². The monoisotopic (exact) mass is 395 g/mol. The number of nitrogens with one attached hydrogen (secondary N) is 2. The molecule has 2 aromatic rings. The second-order valence-corrected chi connectivity index (χ2v) is 8.11. The van der Waals surface area contributed by atoms with Gasteiger partial charge in [-0.1, -0.05) is 42.5 Å². The number of piperidine rings is 1. The van der Waals surface area contributed by atoms with Crippen molar-refractivity contribution in [3.8, 4) is 5.75 Å². The first-order valence-corrected chi connectivity index (χ1v) is 10.6. The van der Waals surface area contributed by atoms with E-state index in [1.54, 1.807) is 0 Å². The van der Waals surface area contributed by atoms with Crippen molar-refractivity contribution in [2.75, 3.05) is 13.1 Å². The highest BCUT2D eigenvalue weighted by molar-refractivity contribution is 5.74. The average molecular weight is 396 g/mol. The molecule has 2 N–H and O–H groups in total. The van der Waals surface area contributed by atoms with Gasteiger partial charge in [0, 0.05) is 25.7 Å². The zero-order valence-corrected chi connectivity index (χ0v) is 17.7. The molecule has 0 spiro atoms. The first-order valence-electron chi connectivity index (χ1n) is 10.6. The molecule has 1 atom stereocenters. The largest absolute Gasteiger partial charge is 0.491 e. The van der Waals surface area contributed by atoms with Crippen LogP contribution in [-0.4, -0.2) is 36.2 Å². The van der Waals surface area contributed by atoms with E-state index in [2.05, 4.69) is 39.8 Å². The number of rotatable bonds is 7. The minimum absolute atomic E-state index is 0.0797. The first kappa shape index (κ1) is 21.2. The summed E-state index contributed by atoms with van der Waals surface area (Å²) in [4.78, 5) is 14.9. The summed E-state index contributed by atoms with van der Waals surface area (Å²) in [5.74, 6) is 0.831. The summed E-state index contributed by atoms with van der Waals surface area (Å²) in [6.07, 6.45) is 2.09. The molecule has 2 amide bonds. The first-order chi connectivity index (χ1) is 14.0. The van der Waals surface area contributed by atoms with Crippen molar-refractivity contribution < 1.29 is 9.53 Å². The number of carbonyl (C=O) groups is 1. The molecular weight excluding hydrogens is 362 g/mol. The van der Waals surface area contributed by atoms with E-state index in [4.69, 9.17) is 4.74 Å². The Bertz CT molecular complexity index is 771. The van der Waals surface area contributed by atoms with Gasteiger partial charge in [-0.25, -0.2) is 4.79 Å². The van der Waals surface area contributed by atoms with E-state index >= 15 is 0 Å². The fourth-order valence-electron chi connectivity index (χ4n) is 3.71. The van der Waals surface area contributed by atoms with Crippen molar-refractivity contribution in [1.29, 1.82) is 0 Å². The van der Waals surface area contributed by atoms with Crippen LogP contribution in [0, 0.1) is 0 Å². The highest BCUT2D eigenvalue weighted by Crippen LogP contribution is 2.20. The van der Waals surface area contributed by atoms with Gasteiger partial charge in [-0.05, 0) is 56.9 Å². The molecule has 0 aliphatic carbocycles. The third-order valence-electron chi connectivity index (χ3n) is 5.25. The van der Waals surface area contributed by atoms with E-state index in [9.17, 15) is 4.79 Å². The van der Waals surface area contributed by atoms with Gasteiger partial charge < -0.3 is 15.4 Å². The average Bonchev–Trinajstić information content (AvgIpc) is 2.70. The summed E-state index contributed by atoms with van der Waals surface area (Å²) >= 11 is 0. The second kappa shape index (κ2) is 10.3. The van der Waals surface area contributed by atoms with Crippen molar-refractivity contribution in [3.63, 3.8) is 0 Å². The summed E-state index contributed by atoms with van der Waals surface area (Å²) in [5, 5.41) is 6.20. The Balaban J connectivity index is 1.43. The third-order valence-corrected chi connectivity index (χ3v) is 5.25. The lowest BCUT2D eigenvalue weighted by atomic mass is 10.0. The number of nitrogens with zero attached hydrogens (tertiary/aromatic N) is 1.